The summed E-state index contributed by atoms with van der Waals surface area (Å²) in [5.41, 5.74) is 1.15. The first-order chi connectivity index (χ1) is 8.13. The fourth-order valence-electron chi connectivity index (χ4n) is 1.56. The molecule has 4 nitrogen and oxygen atoms in total. The van der Waals surface area contributed by atoms with Crippen LogP contribution in [0.1, 0.15) is 12.0 Å². The van der Waals surface area contributed by atoms with E-state index >= 15 is 0 Å². The smallest absolute Gasteiger partial charge is 0.350 e. The van der Waals surface area contributed by atoms with Crippen molar-refractivity contribution in [3.63, 3.8) is 0 Å². The molecule has 1 aromatic rings. The number of carbonyl (C=O) groups is 1. The van der Waals surface area contributed by atoms with Gasteiger partial charge in [0.05, 0.1) is 22.9 Å². The highest BCUT2D eigenvalue weighted by Gasteiger charge is 2.31. The van der Waals surface area contributed by atoms with Crippen molar-refractivity contribution in [2.75, 3.05) is 7.11 Å². The van der Waals surface area contributed by atoms with Gasteiger partial charge in [0.15, 0.2) is 0 Å². The Balaban J connectivity index is 2.24. The molecule has 90 valence electrons. The van der Waals surface area contributed by atoms with Crippen LogP contribution in [-0.4, -0.2) is 24.9 Å². The maximum Gasteiger partial charge on any atom is 0.350 e. The van der Waals surface area contributed by atoms with Crippen LogP contribution < -0.4 is 0 Å². The lowest BCUT2D eigenvalue weighted by atomic mass is 10.0. The van der Waals surface area contributed by atoms with E-state index in [4.69, 9.17) is 28.0 Å². The lowest BCUT2D eigenvalue weighted by molar-refractivity contribution is -0.152. The van der Waals surface area contributed by atoms with E-state index in [-0.39, 0.29) is 0 Å². The number of ether oxygens (including phenoxy) is 1. The molecule has 2 rings (SSSR count). The average Bonchev–Trinajstić information content (AvgIpc) is 2.77. The molecule has 17 heavy (non-hydrogen) atoms. The molecule has 6 heteroatoms. The van der Waals surface area contributed by atoms with E-state index in [2.05, 4.69) is 9.89 Å². The third kappa shape index (κ3) is 2.37. The second kappa shape index (κ2) is 4.94. The number of rotatable bonds is 2. The Morgan fingerprint density at radius 1 is 1.47 bits per heavy atom. The molecule has 1 atom stereocenters. The molecule has 0 N–H and O–H groups in total. The molecule has 1 aliphatic rings. The summed E-state index contributed by atoms with van der Waals surface area (Å²) in [6, 6.07) is 5.15. The molecule has 0 spiro atoms. The van der Waals surface area contributed by atoms with Crippen molar-refractivity contribution in [1.82, 2.24) is 0 Å². The molecule has 0 radical (unpaired) electrons. The summed E-state index contributed by atoms with van der Waals surface area (Å²) in [6.07, 6.45) is -0.418. The van der Waals surface area contributed by atoms with E-state index in [0.717, 1.165) is 0 Å². The number of methoxy groups -OCH3 is 1. The number of oxime groups is 1. The molecule has 0 amide bonds. The van der Waals surface area contributed by atoms with Gasteiger partial charge in [0, 0.05) is 12.0 Å². The average molecular weight is 274 g/mol. The third-order valence-electron chi connectivity index (χ3n) is 2.38. The highest BCUT2D eigenvalue weighted by atomic mass is 35.5. The van der Waals surface area contributed by atoms with Crippen LogP contribution in [0.5, 0.6) is 0 Å². The first-order valence-corrected chi connectivity index (χ1v) is 5.64. The Hall–Kier alpha value is -1.26. The van der Waals surface area contributed by atoms with E-state index in [1.165, 1.54) is 7.11 Å². The summed E-state index contributed by atoms with van der Waals surface area (Å²) in [7, 11) is 1.30. The molecule has 1 aliphatic heterocycles. The van der Waals surface area contributed by atoms with Gasteiger partial charge in [-0.05, 0) is 12.1 Å². The largest absolute Gasteiger partial charge is 0.466 e. The highest BCUT2D eigenvalue weighted by Crippen LogP contribution is 2.29. The molecule has 0 aliphatic carbocycles. The molecule has 0 fully saturated rings. The molecule has 0 aromatic heterocycles. The van der Waals surface area contributed by atoms with E-state index in [9.17, 15) is 4.79 Å². The number of benzene rings is 1. The first-order valence-electron chi connectivity index (χ1n) is 4.88. The summed E-state index contributed by atoms with van der Waals surface area (Å²) < 4.78 is 4.58. The SMILES string of the molecule is COC(=O)[C@H]1CC(c2c(Cl)cccc2Cl)=NO1. The van der Waals surface area contributed by atoms with E-state index in [1.54, 1.807) is 18.2 Å². The minimum atomic E-state index is -0.720. The van der Waals surface area contributed by atoms with Crippen molar-refractivity contribution in [3.8, 4) is 0 Å². The predicted molar refractivity (Wildman–Crippen MR) is 64.5 cm³/mol. The van der Waals surface area contributed by atoms with Gasteiger partial charge in [-0.3, -0.25) is 0 Å². The standard InChI is InChI=1S/C11H9Cl2NO3/c1-16-11(15)9-5-8(14-17-9)10-6(12)3-2-4-7(10)13/h2-4,9H,5H2,1H3/t9-/m1/s1. The molecular weight excluding hydrogens is 265 g/mol. The zero-order valence-corrected chi connectivity index (χ0v) is 10.5. The van der Waals surface area contributed by atoms with Crippen LogP contribution in [-0.2, 0) is 14.4 Å². The Labute approximate surface area is 108 Å². The van der Waals surface area contributed by atoms with Crippen LogP contribution in [0.15, 0.2) is 23.4 Å². The van der Waals surface area contributed by atoms with Gasteiger partial charge in [-0.25, -0.2) is 4.79 Å². The van der Waals surface area contributed by atoms with Crippen LogP contribution in [0.4, 0.5) is 0 Å². The van der Waals surface area contributed by atoms with Gasteiger partial charge in [-0.1, -0.05) is 34.4 Å². The van der Waals surface area contributed by atoms with Crippen LogP contribution in [0.2, 0.25) is 10.0 Å². The number of hydrogen-bond donors (Lipinski definition) is 0. The van der Waals surface area contributed by atoms with Crippen LogP contribution >= 0.6 is 23.2 Å². The number of carbonyl (C=O) groups excluding carboxylic acids is 1. The normalized spacial score (nSPS) is 18.5. The van der Waals surface area contributed by atoms with Crippen LogP contribution in [0.3, 0.4) is 0 Å². The zero-order valence-electron chi connectivity index (χ0n) is 8.94. The van der Waals surface area contributed by atoms with Crippen molar-refractivity contribution in [2.45, 2.75) is 12.5 Å². The Bertz CT molecular complexity index is 467. The number of esters is 1. The summed E-state index contributed by atoms with van der Waals surface area (Å²) in [5, 5.41) is 4.78. The van der Waals surface area contributed by atoms with Crippen molar-refractivity contribution in [1.29, 1.82) is 0 Å². The van der Waals surface area contributed by atoms with Crippen molar-refractivity contribution in [2.24, 2.45) is 5.16 Å². The molecule has 1 aromatic carbocycles. The summed E-state index contributed by atoms with van der Waals surface area (Å²) in [4.78, 5) is 16.3. The molecule has 1 heterocycles. The topological polar surface area (TPSA) is 47.9 Å². The van der Waals surface area contributed by atoms with Gasteiger partial charge in [-0.2, -0.15) is 0 Å². The molecule has 0 unspecified atom stereocenters. The van der Waals surface area contributed by atoms with E-state index < -0.39 is 12.1 Å². The number of halogens is 2. The second-order valence-electron chi connectivity index (χ2n) is 3.46. The monoisotopic (exact) mass is 273 g/mol. The maximum absolute atomic E-state index is 11.3. The van der Waals surface area contributed by atoms with Crippen LogP contribution in [0, 0.1) is 0 Å². The Kier molecular flexibility index (Phi) is 3.54. The highest BCUT2D eigenvalue weighted by molar-refractivity contribution is 6.40. The maximum atomic E-state index is 11.3. The predicted octanol–water partition coefficient (Wildman–Crippen LogP) is 2.66. The lowest BCUT2D eigenvalue weighted by Crippen LogP contribution is -2.22. The summed E-state index contributed by atoms with van der Waals surface area (Å²) in [6.45, 7) is 0. The Morgan fingerprint density at radius 3 is 2.71 bits per heavy atom. The van der Waals surface area contributed by atoms with Crippen molar-refractivity contribution in [3.05, 3.63) is 33.8 Å². The lowest BCUT2D eigenvalue weighted by Gasteiger charge is -2.06. The zero-order chi connectivity index (χ0) is 12.4. The quantitative estimate of drug-likeness (QED) is 0.779. The van der Waals surface area contributed by atoms with Gasteiger partial charge in [-0.15, -0.1) is 0 Å². The van der Waals surface area contributed by atoms with Gasteiger partial charge in [0.2, 0.25) is 6.10 Å². The van der Waals surface area contributed by atoms with E-state index in [0.29, 0.717) is 27.7 Å². The fraction of sp³-hybridized carbons (Fsp3) is 0.273. The number of hydrogen-bond acceptors (Lipinski definition) is 4. The van der Waals surface area contributed by atoms with Gasteiger partial charge in [0.1, 0.15) is 0 Å². The van der Waals surface area contributed by atoms with Crippen molar-refractivity contribution >= 4 is 34.9 Å². The molecule has 0 bridgehead atoms. The fourth-order valence-corrected chi connectivity index (χ4v) is 2.17. The van der Waals surface area contributed by atoms with Gasteiger partial charge >= 0.3 is 5.97 Å². The molecule has 0 saturated carbocycles. The summed E-state index contributed by atoms with van der Waals surface area (Å²) >= 11 is 12.1. The summed E-state index contributed by atoms with van der Waals surface area (Å²) in [5.74, 6) is -0.466. The molecule has 0 saturated heterocycles. The Morgan fingerprint density at radius 2 is 2.12 bits per heavy atom. The molecular formula is C11H9Cl2NO3. The first kappa shape index (κ1) is 12.2. The second-order valence-corrected chi connectivity index (χ2v) is 4.27. The van der Waals surface area contributed by atoms with Crippen LogP contribution in [0.25, 0.3) is 0 Å². The van der Waals surface area contributed by atoms with Crippen molar-refractivity contribution < 1.29 is 14.4 Å². The minimum absolute atomic E-state index is 0.302. The van der Waals surface area contributed by atoms with Gasteiger partial charge in [0.25, 0.3) is 0 Å². The van der Waals surface area contributed by atoms with E-state index in [1.807, 2.05) is 0 Å². The minimum Gasteiger partial charge on any atom is -0.466 e. The number of nitrogens with zero attached hydrogens (tertiary/aromatic N) is 1. The van der Waals surface area contributed by atoms with Gasteiger partial charge < -0.3 is 9.57 Å². The third-order valence-corrected chi connectivity index (χ3v) is 3.01.